The third-order valence-electron chi connectivity index (χ3n) is 6.12. The molecule has 0 spiro atoms. The number of primary amides is 1. The Morgan fingerprint density at radius 1 is 1.17 bits per heavy atom. The van der Waals surface area contributed by atoms with Gasteiger partial charge in [0.15, 0.2) is 5.60 Å². The third-order valence-corrected chi connectivity index (χ3v) is 6.12. The van der Waals surface area contributed by atoms with Crippen LogP contribution in [0.1, 0.15) is 41.4 Å². The summed E-state index contributed by atoms with van der Waals surface area (Å²) in [5.41, 5.74) is 0.564. The van der Waals surface area contributed by atoms with E-state index in [2.05, 4.69) is 10.3 Å². The summed E-state index contributed by atoms with van der Waals surface area (Å²) >= 11 is 0. The molecule has 13 heteroatoms. The molecule has 0 unspecified atom stereocenters. The Bertz CT molecular complexity index is 1140. The molecule has 3 N–H and O–H groups in total. The van der Waals surface area contributed by atoms with Gasteiger partial charge in [0.1, 0.15) is 17.5 Å². The molecule has 0 aliphatic carbocycles. The summed E-state index contributed by atoms with van der Waals surface area (Å²) in [6.07, 6.45) is -10.5. The van der Waals surface area contributed by atoms with Crippen LogP contribution in [-0.4, -0.2) is 41.8 Å². The van der Waals surface area contributed by atoms with Crippen molar-refractivity contribution < 1.29 is 45.4 Å². The second-order valence-electron chi connectivity index (χ2n) is 8.17. The largest absolute Gasteiger partial charge is 0.496 e. The zero-order chi connectivity index (χ0) is 26.3. The Hall–Kier alpha value is -3.35. The Morgan fingerprint density at radius 2 is 1.83 bits per heavy atom. The number of nitrogens with one attached hydrogen (secondary N) is 1. The van der Waals surface area contributed by atoms with Crippen molar-refractivity contribution in [2.24, 2.45) is 11.7 Å². The lowest BCUT2D eigenvalue weighted by Gasteiger charge is -2.32. The Morgan fingerprint density at radius 3 is 2.37 bits per heavy atom. The predicted molar refractivity (Wildman–Crippen MR) is 111 cm³/mol. The molecule has 0 bridgehead atoms. The number of hydrogen-bond donors (Lipinski definition) is 2. The minimum Gasteiger partial charge on any atom is -0.496 e. The van der Waals surface area contributed by atoms with E-state index >= 15 is 0 Å². The van der Waals surface area contributed by atoms with Gasteiger partial charge in [-0.3, -0.25) is 14.6 Å². The van der Waals surface area contributed by atoms with Crippen molar-refractivity contribution >= 4 is 17.5 Å². The van der Waals surface area contributed by atoms with E-state index in [4.69, 9.17) is 15.2 Å². The number of alkyl halides is 6. The first-order valence-electron chi connectivity index (χ1n) is 10.2. The van der Waals surface area contributed by atoms with E-state index < -0.39 is 59.0 Å². The number of halogens is 6. The molecule has 190 valence electrons. The number of para-hydroxylation sites is 1. The average molecular weight is 505 g/mol. The number of ether oxygens (including phenoxy) is 2. The number of anilines is 1. The molecule has 1 aliphatic rings. The summed E-state index contributed by atoms with van der Waals surface area (Å²) in [7, 11) is 0.953. The number of nitrogens with zero attached hydrogens (tertiary/aromatic N) is 1. The number of nitrogens with two attached hydrogens (primary N) is 1. The quantitative estimate of drug-likeness (QED) is 0.591. The molecule has 1 aromatic heterocycles. The van der Waals surface area contributed by atoms with Crippen molar-refractivity contribution in [1.29, 1.82) is 0 Å². The second kappa shape index (κ2) is 9.02. The Kier molecular flexibility index (Phi) is 6.77. The summed E-state index contributed by atoms with van der Waals surface area (Å²) in [5.74, 6) is -5.66. The molecule has 2 heterocycles. The summed E-state index contributed by atoms with van der Waals surface area (Å²) in [4.78, 5) is 28.2. The van der Waals surface area contributed by atoms with Crippen LogP contribution in [0.25, 0.3) is 0 Å². The monoisotopic (exact) mass is 505 g/mol. The molecule has 0 radical (unpaired) electrons. The van der Waals surface area contributed by atoms with Crippen LogP contribution in [0.15, 0.2) is 36.5 Å². The normalized spacial score (nSPS) is 24.8. The number of benzene rings is 1. The van der Waals surface area contributed by atoms with Gasteiger partial charge in [0.25, 0.3) is 11.8 Å². The molecule has 2 amide bonds. The standard InChI is InChI=1S/C22H21F6N3O4/c1-10-15(12-5-4-6-13(16(12)34-3)21(23,24)25)17(35-20(10,2)22(26,27)28)19(33)31-11-7-8-30-14(9-11)18(29)32/h4-10,15,17H,1-3H3,(H2,29,32)(H,30,31,33)/t10-,15-,17+,20+/m0/s1. The molecular weight excluding hydrogens is 484 g/mol. The van der Waals surface area contributed by atoms with E-state index in [1.54, 1.807) is 0 Å². The van der Waals surface area contributed by atoms with Gasteiger partial charge in [0, 0.05) is 29.3 Å². The van der Waals surface area contributed by atoms with Crippen molar-refractivity contribution in [3.8, 4) is 5.75 Å². The number of hydrogen-bond acceptors (Lipinski definition) is 5. The maximum absolute atomic E-state index is 14.0. The molecule has 1 saturated heterocycles. The van der Waals surface area contributed by atoms with Crippen molar-refractivity contribution in [2.75, 3.05) is 12.4 Å². The molecule has 1 aliphatic heterocycles. The second-order valence-corrected chi connectivity index (χ2v) is 8.17. The highest BCUT2D eigenvalue weighted by Gasteiger charge is 2.66. The van der Waals surface area contributed by atoms with Gasteiger partial charge in [-0.1, -0.05) is 19.1 Å². The average Bonchev–Trinajstić information content (AvgIpc) is 3.04. The van der Waals surface area contributed by atoms with E-state index in [1.807, 2.05) is 0 Å². The van der Waals surface area contributed by atoms with Gasteiger partial charge in [-0.25, -0.2) is 0 Å². The third kappa shape index (κ3) is 4.77. The van der Waals surface area contributed by atoms with E-state index in [0.29, 0.717) is 0 Å². The van der Waals surface area contributed by atoms with Crippen LogP contribution >= 0.6 is 0 Å². The smallest absolute Gasteiger partial charge is 0.419 e. The van der Waals surface area contributed by atoms with Gasteiger partial charge in [-0.2, -0.15) is 26.3 Å². The fourth-order valence-corrected chi connectivity index (χ4v) is 4.15. The number of amides is 2. The van der Waals surface area contributed by atoms with Crippen molar-refractivity contribution in [3.05, 3.63) is 53.3 Å². The molecular formula is C22H21F6N3O4. The SMILES string of the molecule is COc1c([C@H]2[C@H](C(=O)Nc3ccnc(C(N)=O)c3)O[C@@](C)(C(F)(F)F)[C@H]2C)cccc1C(F)(F)F. The molecule has 3 rings (SSSR count). The highest BCUT2D eigenvalue weighted by Crippen LogP contribution is 2.55. The minimum atomic E-state index is -4.95. The Balaban J connectivity index is 2.11. The van der Waals surface area contributed by atoms with E-state index in [0.717, 1.165) is 45.4 Å². The predicted octanol–water partition coefficient (Wildman–Crippen LogP) is 4.29. The molecule has 7 nitrogen and oxygen atoms in total. The first kappa shape index (κ1) is 26.3. The number of rotatable bonds is 5. The maximum Gasteiger partial charge on any atom is 0.419 e. The van der Waals surface area contributed by atoms with Crippen LogP contribution in [-0.2, 0) is 15.7 Å². The van der Waals surface area contributed by atoms with Crippen molar-refractivity contribution in [1.82, 2.24) is 4.98 Å². The molecule has 1 aromatic carbocycles. The minimum absolute atomic E-state index is 0.0228. The van der Waals surface area contributed by atoms with Crippen LogP contribution in [0.5, 0.6) is 5.75 Å². The number of aromatic nitrogens is 1. The number of carbonyl (C=O) groups excluding carboxylic acids is 2. The van der Waals surface area contributed by atoms with Crippen molar-refractivity contribution in [2.45, 2.75) is 43.8 Å². The molecule has 4 atom stereocenters. The summed E-state index contributed by atoms with van der Waals surface area (Å²) < 4.78 is 93.0. The van der Waals surface area contributed by atoms with Gasteiger partial charge in [-0.05, 0) is 25.1 Å². The van der Waals surface area contributed by atoms with Crippen LogP contribution in [0, 0.1) is 5.92 Å². The first-order valence-corrected chi connectivity index (χ1v) is 10.2. The zero-order valence-corrected chi connectivity index (χ0v) is 18.6. The molecule has 1 fully saturated rings. The highest BCUT2D eigenvalue weighted by atomic mass is 19.4. The highest BCUT2D eigenvalue weighted by molar-refractivity contribution is 5.97. The molecule has 35 heavy (non-hydrogen) atoms. The van der Waals surface area contributed by atoms with E-state index in [9.17, 15) is 35.9 Å². The molecule has 2 aromatic rings. The Labute approximate surface area is 195 Å². The number of pyridine rings is 1. The van der Waals surface area contributed by atoms with Gasteiger partial charge < -0.3 is 20.5 Å². The van der Waals surface area contributed by atoms with Gasteiger partial charge in [-0.15, -0.1) is 0 Å². The summed E-state index contributed by atoms with van der Waals surface area (Å²) in [6, 6.07) is 5.27. The maximum atomic E-state index is 14.0. The fourth-order valence-electron chi connectivity index (χ4n) is 4.15. The van der Waals surface area contributed by atoms with Crippen LogP contribution < -0.4 is 15.8 Å². The van der Waals surface area contributed by atoms with E-state index in [1.165, 1.54) is 12.1 Å². The summed E-state index contributed by atoms with van der Waals surface area (Å²) in [5, 5.41) is 2.33. The number of methoxy groups -OCH3 is 1. The van der Waals surface area contributed by atoms with Crippen LogP contribution in [0.3, 0.4) is 0 Å². The summed E-state index contributed by atoms with van der Waals surface area (Å²) in [6.45, 7) is 1.87. The van der Waals surface area contributed by atoms with Crippen LogP contribution in [0.4, 0.5) is 32.0 Å². The lowest BCUT2D eigenvalue weighted by molar-refractivity contribution is -0.272. The van der Waals surface area contributed by atoms with Crippen LogP contribution in [0.2, 0.25) is 0 Å². The number of carbonyl (C=O) groups is 2. The van der Waals surface area contributed by atoms with E-state index in [-0.39, 0.29) is 16.9 Å². The van der Waals surface area contributed by atoms with Gasteiger partial charge in [0.05, 0.1) is 12.7 Å². The van der Waals surface area contributed by atoms with Gasteiger partial charge in [0.2, 0.25) is 0 Å². The lowest BCUT2D eigenvalue weighted by atomic mass is 9.76. The molecule has 0 saturated carbocycles. The fraction of sp³-hybridized carbons (Fsp3) is 0.409. The van der Waals surface area contributed by atoms with Crippen molar-refractivity contribution in [3.63, 3.8) is 0 Å². The first-order chi connectivity index (χ1) is 16.1. The zero-order valence-electron chi connectivity index (χ0n) is 18.6. The van der Waals surface area contributed by atoms with Gasteiger partial charge >= 0.3 is 12.4 Å². The lowest BCUT2D eigenvalue weighted by Crippen LogP contribution is -2.47. The topological polar surface area (TPSA) is 104 Å².